The summed E-state index contributed by atoms with van der Waals surface area (Å²) >= 11 is 0. The van der Waals surface area contributed by atoms with Crippen LogP contribution in [0.3, 0.4) is 0 Å². The SMILES string of the molecule is Cc1ccc(S(=O)(=O)N/N=C2\CC[C@H](O)[C@]2(C)C(C)(C)C)cc1. The van der Waals surface area contributed by atoms with Gasteiger partial charge in [-0.15, -0.1) is 0 Å². The Morgan fingerprint density at radius 2 is 1.83 bits per heavy atom. The molecule has 0 radical (unpaired) electrons. The summed E-state index contributed by atoms with van der Waals surface area (Å²) in [6.07, 6.45) is 0.662. The molecule has 1 aromatic rings. The van der Waals surface area contributed by atoms with Gasteiger partial charge in [-0.05, 0) is 37.3 Å². The van der Waals surface area contributed by atoms with Crippen LogP contribution in [0.4, 0.5) is 0 Å². The molecular formula is C17H26N2O3S. The molecule has 2 N–H and O–H groups in total. The lowest BCUT2D eigenvalue weighted by Crippen LogP contribution is -2.45. The van der Waals surface area contributed by atoms with Crippen LogP contribution >= 0.6 is 0 Å². The van der Waals surface area contributed by atoms with Gasteiger partial charge < -0.3 is 5.11 Å². The van der Waals surface area contributed by atoms with Crippen LogP contribution in [0.15, 0.2) is 34.3 Å². The van der Waals surface area contributed by atoms with Crippen molar-refractivity contribution in [3.8, 4) is 0 Å². The lowest BCUT2D eigenvalue weighted by atomic mass is 9.65. The van der Waals surface area contributed by atoms with Crippen LogP contribution in [-0.2, 0) is 10.0 Å². The third kappa shape index (κ3) is 3.28. The topological polar surface area (TPSA) is 78.8 Å². The molecule has 0 unspecified atom stereocenters. The maximum Gasteiger partial charge on any atom is 0.276 e. The van der Waals surface area contributed by atoms with Crippen LogP contribution in [0.5, 0.6) is 0 Å². The molecule has 1 fully saturated rings. The molecule has 0 spiro atoms. The minimum Gasteiger partial charge on any atom is -0.392 e. The van der Waals surface area contributed by atoms with E-state index in [9.17, 15) is 13.5 Å². The van der Waals surface area contributed by atoms with Crippen LogP contribution in [0.2, 0.25) is 0 Å². The molecule has 0 saturated heterocycles. The highest BCUT2D eigenvalue weighted by Crippen LogP contribution is 2.48. The van der Waals surface area contributed by atoms with E-state index in [-0.39, 0.29) is 10.3 Å². The molecule has 0 aromatic heterocycles. The van der Waals surface area contributed by atoms with Gasteiger partial charge in [0.05, 0.1) is 11.0 Å². The highest BCUT2D eigenvalue weighted by atomic mass is 32.2. The summed E-state index contributed by atoms with van der Waals surface area (Å²) in [6, 6.07) is 6.62. The van der Waals surface area contributed by atoms with Gasteiger partial charge in [0.2, 0.25) is 0 Å². The zero-order valence-corrected chi connectivity index (χ0v) is 15.2. The number of hydrogen-bond donors (Lipinski definition) is 2. The van der Waals surface area contributed by atoms with Gasteiger partial charge in [-0.3, -0.25) is 0 Å². The smallest absolute Gasteiger partial charge is 0.276 e. The first-order valence-corrected chi connectivity index (χ1v) is 9.30. The quantitative estimate of drug-likeness (QED) is 0.832. The number of aliphatic hydroxyl groups excluding tert-OH is 1. The molecule has 6 heteroatoms. The molecule has 1 aromatic carbocycles. The van der Waals surface area contributed by atoms with E-state index in [1.807, 2.05) is 34.6 Å². The minimum absolute atomic E-state index is 0.184. The van der Waals surface area contributed by atoms with E-state index in [1.54, 1.807) is 24.3 Å². The number of hydrazone groups is 1. The average molecular weight is 338 g/mol. The van der Waals surface area contributed by atoms with Gasteiger partial charge in [-0.1, -0.05) is 45.4 Å². The molecule has 0 heterocycles. The molecule has 2 rings (SSSR count). The zero-order valence-electron chi connectivity index (χ0n) is 14.4. The highest BCUT2D eigenvalue weighted by Gasteiger charge is 2.51. The van der Waals surface area contributed by atoms with Gasteiger partial charge >= 0.3 is 0 Å². The van der Waals surface area contributed by atoms with E-state index in [4.69, 9.17) is 0 Å². The highest BCUT2D eigenvalue weighted by molar-refractivity contribution is 7.89. The Bertz CT molecular complexity index is 702. The third-order valence-corrected chi connectivity index (χ3v) is 6.33. The maximum atomic E-state index is 12.4. The molecule has 0 amide bonds. The Hall–Kier alpha value is -1.40. The normalized spacial score (nSPS) is 27.4. The Kier molecular flexibility index (Phi) is 4.61. The van der Waals surface area contributed by atoms with Crippen molar-refractivity contribution in [3.05, 3.63) is 29.8 Å². The lowest BCUT2D eigenvalue weighted by molar-refractivity contribution is 0.0239. The number of aliphatic hydroxyl groups is 1. The Morgan fingerprint density at radius 3 is 2.35 bits per heavy atom. The number of hydrogen-bond acceptors (Lipinski definition) is 4. The van der Waals surface area contributed by atoms with Crippen LogP contribution in [-0.4, -0.2) is 25.3 Å². The van der Waals surface area contributed by atoms with Gasteiger partial charge in [0.15, 0.2) is 0 Å². The summed E-state index contributed by atoms with van der Waals surface area (Å²) in [5, 5.41) is 14.6. The van der Waals surface area contributed by atoms with Gasteiger partial charge in [-0.2, -0.15) is 13.5 Å². The summed E-state index contributed by atoms with van der Waals surface area (Å²) in [5.41, 5.74) is 0.919. The summed E-state index contributed by atoms with van der Waals surface area (Å²) in [6.45, 7) is 9.95. The van der Waals surface area contributed by atoms with Crippen LogP contribution in [0.25, 0.3) is 0 Å². The predicted octanol–water partition coefficient (Wildman–Crippen LogP) is 2.84. The summed E-state index contributed by atoms with van der Waals surface area (Å²) in [7, 11) is -3.70. The standard InChI is InChI=1S/C17H26N2O3S/c1-12-6-8-13(9-7-12)23(21,22)19-18-14-10-11-15(20)17(14,5)16(2,3)4/h6-9,15,19-20H,10-11H2,1-5H3/b18-14+/t15-,17+/m0/s1. The molecule has 5 nitrogen and oxygen atoms in total. The van der Waals surface area contributed by atoms with Gasteiger partial charge in [0.1, 0.15) is 0 Å². The molecule has 1 aliphatic rings. The third-order valence-electron chi connectivity index (χ3n) is 5.11. The number of benzene rings is 1. The molecule has 1 aliphatic carbocycles. The number of nitrogens with one attached hydrogen (secondary N) is 1. The summed E-state index contributed by atoms with van der Waals surface area (Å²) < 4.78 is 24.7. The first-order chi connectivity index (χ1) is 10.5. The second-order valence-electron chi connectivity index (χ2n) is 7.47. The van der Waals surface area contributed by atoms with Gasteiger partial charge in [0, 0.05) is 11.1 Å². The number of sulfonamides is 1. The molecular weight excluding hydrogens is 312 g/mol. The van der Waals surface area contributed by atoms with Crippen molar-refractivity contribution in [1.29, 1.82) is 0 Å². The van der Waals surface area contributed by atoms with Crippen molar-refractivity contribution in [2.45, 2.75) is 58.5 Å². The predicted molar refractivity (Wildman–Crippen MR) is 91.7 cm³/mol. The number of aryl methyl sites for hydroxylation is 1. The van der Waals surface area contributed by atoms with Gasteiger partial charge in [0.25, 0.3) is 10.0 Å². The van der Waals surface area contributed by atoms with E-state index in [1.165, 1.54) is 0 Å². The largest absolute Gasteiger partial charge is 0.392 e. The molecule has 0 bridgehead atoms. The summed E-state index contributed by atoms with van der Waals surface area (Å²) in [4.78, 5) is 2.52. The lowest BCUT2D eigenvalue weighted by Gasteiger charge is -2.41. The minimum atomic E-state index is -3.70. The van der Waals surface area contributed by atoms with E-state index in [2.05, 4.69) is 9.93 Å². The fourth-order valence-electron chi connectivity index (χ4n) is 3.00. The van der Waals surface area contributed by atoms with Crippen LogP contribution in [0, 0.1) is 17.8 Å². The molecule has 2 atom stereocenters. The van der Waals surface area contributed by atoms with Crippen LogP contribution < -0.4 is 4.83 Å². The first-order valence-electron chi connectivity index (χ1n) is 7.82. The fourth-order valence-corrected chi connectivity index (χ4v) is 3.83. The van der Waals surface area contributed by atoms with Crippen molar-refractivity contribution in [2.24, 2.45) is 15.9 Å². The van der Waals surface area contributed by atoms with Crippen molar-refractivity contribution >= 4 is 15.7 Å². The van der Waals surface area contributed by atoms with Crippen molar-refractivity contribution in [2.75, 3.05) is 0 Å². The van der Waals surface area contributed by atoms with E-state index >= 15 is 0 Å². The molecule has 23 heavy (non-hydrogen) atoms. The van der Waals surface area contributed by atoms with Crippen molar-refractivity contribution in [1.82, 2.24) is 4.83 Å². The first kappa shape index (κ1) is 17.9. The van der Waals surface area contributed by atoms with E-state index in [0.717, 1.165) is 5.56 Å². The monoisotopic (exact) mass is 338 g/mol. The second kappa shape index (κ2) is 5.91. The molecule has 1 saturated carbocycles. The van der Waals surface area contributed by atoms with Crippen LogP contribution in [0.1, 0.15) is 46.1 Å². The second-order valence-corrected chi connectivity index (χ2v) is 9.13. The maximum absolute atomic E-state index is 12.4. The summed E-state index contributed by atoms with van der Waals surface area (Å²) in [5.74, 6) is 0. The number of nitrogens with zero attached hydrogens (tertiary/aromatic N) is 1. The van der Waals surface area contributed by atoms with Gasteiger partial charge in [-0.25, -0.2) is 4.83 Å². The average Bonchev–Trinajstić information content (AvgIpc) is 2.74. The Morgan fingerprint density at radius 1 is 1.26 bits per heavy atom. The zero-order chi connectivity index (χ0) is 17.5. The van der Waals surface area contributed by atoms with E-state index < -0.39 is 21.5 Å². The van der Waals surface area contributed by atoms with E-state index in [0.29, 0.717) is 18.6 Å². The Labute approximate surface area is 138 Å². The van der Waals surface area contributed by atoms with Crippen molar-refractivity contribution in [3.63, 3.8) is 0 Å². The Balaban J connectivity index is 2.30. The fraction of sp³-hybridized carbons (Fsp3) is 0.588. The van der Waals surface area contributed by atoms with Crippen molar-refractivity contribution < 1.29 is 13.5 Å². The molecule has 0 aliphatic heterocycles. The molecule has 128 valence electrons. The number of rotatable bonds is 3.